The number of hydrogen-bond acceptors (Lipinski definition) is 5. The van der Waals surface area contributed by atoms with Crippen LogP contribution in [-0.4, -0.2) is 59.7 Å². The molecule has 0 bridgehead atoms. The third kappa shape index (κ3) is 5.01. The van der Waals surface area contributed by atoms with E-state index in [9.17, 15) is 12.8 Å². The van der Waals surface area contributed by atoms with Crippen molar-refractivity contribution in [3.63, 3.8) is 0 Å². The van der Waals surface area contributed by atoms with E-state index in [1.165, 1.54) is 18.2 Å². The van der Waals surface area contributed by atoms with Crippen molar-refractivity contribution >= 4 is 15.7 Å². The number of aryl methyl sites for hydroxylation is 1. The molecule has 0 unspecified atom stereocenters. The predicted molar refractivity (Wildman–Crippen MR) is 108 cm³/mol. The van der Waals surface area contributed by atoms with Gasteiger partial charge in [-0.15, -0.1) is 0 Å². The molecule has 0 radical (unpaired) electrons. The summed E-state index contributed by atoms with van der Waals surface area (Å²) in [5, 5.41) is 0. The van der Waals surface area contributed by atoms with Crippen LogP contribution in [0.2, 0.25) is 0 Å². The summed E-state index contributed by atoms with van der Waals surface area (Å²) in [6.07, 6.45) is 0. The van der Waals surface area contributed by atoms with Gasteiger partial charge in [-0.3, -0.25) is 4.90 Å². The molecule has 0 aliphatic carbocycles. The first-order chi connectivity index (χ1) is 13.4. The van der Waals surface area contributed by atoms with Gasteiger partial charge in [-0.25, -0.2) is 17.5 Å². The van der Waals surface area contributed by atoms with Gasteiger partial charge in [0.1, 0.15) is 11.6 Å². The monoisotopic (exact) mass is 407 g/mol. The number of sulfonamides is 1. The Labute approximate surface area is 166 Å². The minimum absolute atomic E-state index is 0.123. The smallest absolute Gasteiger partial charge is 0.240 e. The summed E-state index contributed by atoms with van der Waals surface area (Å²) in [7, 11) is -1.98. The van der Waals surface area contributed by atoms with Crippen molar-refractivity contribution in [2.24, 2.45) is 0 Å². The van der Waals surface area contributed by atoms with Crippen molar-refractivity contribution in [1.29, 1.82) is 0 Å². The van der Waals surface area contributed by atoms with Crippen LogP contribution in [-0.2, 0) is 10.0 Å². The zero-order valence-corrected chi connectivity index (χ0v) is 17.0. The molecule has 1 aliphatic heterocycles. The van der Waals surface area contributed by atoms with E-state index in [1.807, 2.05) is 24.3 Å². The number of rotatable bonds is 7. The van der Waals surface area contributed by atoms with Gasteiger partial charge in [-0.05, 0) is 55.0 Å². The van der Waals surface area contributed by atoms with Crippen LogP contribution in [0.15, 0.2) is 47.4 Å². The molecule has 6 nitrogen and oxygen atoms in total. The van der Waals surface area contributed by atoms with Gasteiger partial charge in [-0.2, -0.15) is 0 Å². The Balaban J connectivity index is 1.47. The minimum atomic E-state index is -3.63. The molecular formula is C20H26FN3O3S. The van der Waals surface area contributed by atoms with Crippen LogP contribution in [0.3, 0.4) is 0 Å². The molecule has 0 spiro atoms. The minimum Gasteiger partial charge on any atom is -0.497 e. The molecule has 1 fully saturated rings. The fourth-order valence-electron chi connectivity index (χ4n) is 3.35. The number of anilines is 1. The molecular weight excluding hydrogens is 381 g/mol. The summed E-state index contributed by atoms with van der Waals surface area (Å²) in [5.41, 5.74) is 1.56. The van der Waals surface area contributed by atoms with Crippen molar-refractivity contribution < 1.29 is 17.5 Å². The lowest BCUT2D eigenvalue weighted by Gasteiger charge is -2.36. The number of methoxy groups -OCH3 is 1. The van der Waals surface area contributed by atoms with E-state index in [1.54, 1.807) is 14.0 Å². The number of halogens is 1. The topological polar surface area (TPSA) is 61.9 Å². The lowest BCUT2D eigenvalue weighted by atomic mass is 10.2. The van der Waals surface area contributed by atoms with Gasteiger partial charge in [0.25, 0.3) is 0 Å². The molecule has 3 rings (SSSR count). The first kappa shape index (κ1) is 20.6. The number of piperazine rings is 1. The maximum atomic E-state index is 13.2. The van der Waals surface area contributed by atoms with Crippen LogP contribution in [0, 0.1) is 12.7 Å². The highest BCUT2D eigenvalue weighted by Gasteiger charge is 2.20. The Morgan fingerprint density at radius 1 is 1.07 bits per heavy atom. The van der Waals surface area contributed by atoms with Gasteiger partial charge >= 0.3 is 0 Å². The molecule has 1 N–H and O–H groups in total. The highest BCUT2D eigenvalue weighted by Crippen LogP contribution is 2.20. The lowest BCUT2D eigenvalue weighted by Crippen LogP contribution is -2.48. The Hall–Kier alpha value is -2.16. The van der Waals surface area contributed by atoms with Gasteiger partial charge in [0.15, 0.2) is 0 Å². The fraction of sp³-hybridized carbons (Fsp3) is 0.400. The van der Waals surface area contributed by atoms with Gasteiger partial charge in [0, 0.05) is 45.0 Å². The molecule has 1 aliphatic rings. The fourth-order valence-corrected chi connectivity index (χ4v) is 4.60. The van der Waals surface area contributed by atoms with Gasteiger partial charge in [-0.1, -0.05) is 0 Å². The number of ether oxygens (including phenoxy) is 1. The van der Waals surface area contributed by atoms with Crippen LogP contribution in [0.4, 0.5) is 10.1 Å². The van der Waals surface area contributed by atoms with Gasteiger partial charge in [0.2, 0.25) is 10.0 Å². The van der Waals surface area contributed by atoms with Crippen molar-refractivity contribution in [3.05, 3.63) is 53.8 Å². The van der Waals surface area contributed by atoms with E-state index in [0.29, 0.717) is 18.7 Å². The van der Waals surface area contributed by atoms with E-state index in [-0.39, 0.29) is 4.90 Å². The van der Waals surface area contributed by atoms with E-state index in [0.717, 1.165) is 37.6 Å². The SMILES string of the molecule is COc1ccc(N2CCN(CCNS(=O)(=O)c3ccc(F)cc3C)CC2)cc1. The second-order valence-electron chi connectivity index (χ2n) is 6.83. The summed E-state index contributed by atoms with van der Waals surface area (Å²) < 4.78 is 45.8. The van der Waals surface area contributed by atoms with E-state index in [2.05, 4.69) is 14.5 Å². The van der Waals surface area contributed by atoms with Crippen LogP contribution >= 0.6 is 0 Å². The summed E-state index contributed by atoms with van der Waals surface area (Å²) in [6.45, 7) is 6.05. The molecule has 0 atom stereocenters. The van der Waals surface area contributed by atoms with Crippen molar-refractivity contribution in [2.45, 2.75) is 11.8 Å². The Bertz CT molecular complexity index is 895. The average Bonchev–Trinajstić information content (AvgIpc) is 2.68. The summed E-state index contributed by atoms with van der Waals surface area (Å²) in [5.74, 6) is 0.400. The summed E-state index contributed by atoms with van der Waals surface area (Å²) >= 11 is 0. The second-order valence-corrected chi connectivity index (χ2v) is 8.57. The predicted octanol–water partition coefficient (Wildman–Crippen LogP) is 2.24. The molecule has 1 heterocycles. The highest BCUT2D eigenvalue weighted by molar-refractivity contribution is 7.89. The molecule has 0 amide bonds. The summed E-state index contributed by atoms with van der Waals surface area (Å²) in [6, 6.07) is 11.7. The molecule has 2 aromatic rings. The number of nitrogens with one attached hydrogen (secondary N) is 1. The molecule has 1 saturated heterocycles. The highest BCUT2D eigenvalue weighted by atomic mass is 32.2. The third-order valence-electron chi connectivity index (χ3n) is 4.96. The van der Waals surface area contributed by atoms with Crippen LogP contribution in [0.25, 0.3) is 0 Å². The molecule has 0 aromatic heterocycles. The van der Waals surface area contributed by atoms with Gasteiger partial charge < -0.3 is 9.64 Å². The van der Waals surface area contributed by atoms with Gasteiger partial charge in [0.05, 0.1) is 12.0 Å². The molecule has 152 valence electrons. The number of nitrogens with zero attached hydrogens (tertiary/aromatic N) is 2. The first-order valence-electron chi connectivity index (χ1n) is 9.26. The van der Waals surface area contributed by atoms with E-state index >= 15 is 0 Å². The van der Waals surface area contributed by atoms with Crippen LogP contribution in [0.5, 0.6) is 5.75 Å². The zero-order chi connectivity index (χ0) is 20.1. The average molecular weight is 408 g/mol. The van der Waals surface area contributed by atoms with Crippen molar-refractivity contribution in [1.82, 2.24) is 9.62 Å². The standard InChI is InChI=1S/C20H26FN3O3S/c1-16-15-17(21)3-8-20(16)28(25,26)22-9-10-23-11-13-24(14-12-23)18-4-6-19(27-2)7-5-18/h3-8,15,22H,9-14H2,1-2H3. The molecule has 2 aromatic carbocycles. The lowest BCUT2D eigenvalue weighted by molar-refractivity contribution is 0.262. The Morgan fingerprint density at radius 2 is 1.75 bits per heavy atom. The van der Waals surface area contributed by atoms with E-state index in [4.69, 9.17) is 4.74 Å². The van der Waals surface area contributed by atoms with Crippen LogP contribution in [0.1, 0.15) is 5.56 Å². The number of benzene rings is 2. The van der Waals surface area contributed by atoms with Crippen molar-refractivity contribution in [3.8, 4) is 5.75 Å². The van der Waals surface area contributed by atoms with Crippen molar-refractivity contribution in [2.75, 3.05) is 51.3 Å². The maximum absolute atomic E-state index is 13.2. The second kappa shape index (κ2) is 8.89. The largest absolute Gasteiger partial charge is 0.497 e. The third-order valence-corrected chi connectivity index (χ3v) is 6.58. The normalized spacial score (nSPS) is 15.6. The van der Waals surface area contributed by atoms with E-state index < -0.39 is 15.8 Å². The zero-order valence-electron chi connectivity index (χ0n) is 16.2. The Kier molecular flexibility index (Phi) is 6.53. The molecule has 0 saturated carbocycles. The molecule has 28 heavy (non-hydrogen) atoms. The first-order valence-corrected chi connectivity index (χ1v) is 10.7. The quantitative estimate of drug-likeness (QED) is 0.763. The Morgan fingerprint density at radius 3 is 2.36 bits per heavy atom. The number of hydrogen-bond donors (Lipinski definition) is 1. The maximum Gasteiger partial charge on any atom is 0.240 e. The van der Waals surface area contributed by atoms with Crippen LogP contribution < -0.4 is 14.4 Å². The summed E-state index contributed by atoms with van der Waals surface area (Å²) in [4.78, 5) is 4.67. The molecule has 8 heteroatoms.